The second-order valence-electron chi connectivity index (χ2n) is 6.62. The lowest BCUT2D eigenvalue weighted by atomic mass is 9.80. The number of rotatable bonds is 2. The van der Waals surface area contributed by atoms with Crippen molar-refractivity contribution in [1.29, 1.82) is 0 Å². The van der Waals surface area contributed by atoms with E-state index in [9.17, 15) is 4.79 Å². The molecular weight excluding hydrogens is 272 g/mol. The molecule has 0 spiro atoms. The van der Waals surface area contributed by atoms with Gasteiger partial charge in [-0.05, 0) is 54.2 Å². The molecule has 3 N–H and O–H groups in total. The van der Waals surface area contributed by atoms with E-state index < -0.39 is 0 Å². The Bertz CT molecular complexity index is 586. The van der Waals surface area contributed by atoms with Crippen LogP contribution in [0, 0.1) is 17.8 Å². The van der Waals surface area contributed by atoms with Gasteiger partial charge in [-0.3, -0.25) is 4.79 Å². The van der Waals surface area contributed by atoms with Crippen molar-refractivity contribution in [2.75, 3.05) is 5.32 Å². The first-order valence-corrected chi connectivity index (χ1v) is 7.87. The number of benzene rings is 1. The summed E-state index contributed by atoms with van der Waals surface area (Å²) in [5.41, 5.74) is 9.44. The first-order chi connectivity index (χ1) is 9.61. The zero-order valence-corrected chi connectivity index (χ0v) is 12.1. The molecule has 4 rings (SSSR count). The summed E-state index contributed by atoms with van der Waals surface area (Å²) in [5.74, 6) is 2.27. The molecule has 1 aromatic carbocycles. The van der Waals surface area contributed by atoms with Crippen LogP contribution in [0.4, 0.5) is 5.69 Å². The monoisotopic (exact) mass is 290 g/mol. The normalized spacial score (nSPS) is 32.3. The van der Waals surface area contributed by atoms with E-state index in [1.165, 1.54) is 25.7 Å². The second kappa shape index (κ2) is 4.47. The number of hydrogen-bond acceptors (Lipinski definition) is 2. The van der Waals surface area contributed by atoms with Gasteiger partial charge in [-0.2, -0.15) is 0 Å². The van der Waals surface area contributed by atoms with Crippen LogP contribution in [-0.4, -0.2) is 5.91 Å². The minimum atomic E-state index is 0.0128. The lowest BCUT2D eigenvalue weighted by molar-refractivity contribution is -0.115. The highest BCUT2D eigenvalue weighted by molar-refractivity contribution is 6.32. The summed E-state index contributed by atoms with van der Waals surface area (Å²) in [6.45, 7) is 0. The molecule has 4 atom stereocenters. The maximum atomic E-state index is 11.5. The van der Waals surface area contributed by atoms with Crippen molar-refractivity contribution in [2.24, 2.45) is 23.5 Å². The minimum Gasteiger partial charge on any atom is -0.325 e. The highest BCUT2D eigenvalue weighted by atomic mass is 35.5. The van der Waals surface area contributed by atoms with Gasteiger partial charge in [-0.1, -0.05) is 24.1 Å². The predicted molar refractivity (Wildman–Crippen MR) is 79.7 cm³/mol. The molecule has 0 aromatic heterocycles. The van der Waals surface area contributed by atoms with Crippen LogP contribution in [0.15, 0.2) is 12.1 Å². The summed E-state index contributed by atoms with van der Waals surface area (Å²) < 4.78 is 0. The Labute approximate surface area is 123 Å². The van der Waals surface area contributed by atoms with Crippen LogP contribution in [-0.2, 0) is 11.2 Å². The number of carbonyl (C=O) groups excluding carboxylic acids is 1. The van der Waals surface area contributed by atoms with Crippen molar-refractivity contribution < 1.29 is 4.79 Å². The molecule has 4 heteroatoms. The van der Waals surface area contributed by atoms with Gasteiger partial charge in [-0.25, -0.2) is 0 Å². The Hall–Kier alpha value is -1.06. The SMILES string of the molecule is NC(c1cc2c(cc1Cl)NC(=O)C2)C1CC2CCC1C2. The van der Waals surface area contributed by atoms with Crippen LogP contribution in [0.2, 0.25) is 5.02 Å². The molecule has 1 aromatic rings. The quantitative estimate of drug-likeness (QED) is 0.878. The molecule has 0 saturated heterocycles. The predicted octanol–water partition coefficient (Wildman–Crippen LogP) is 3.27. The Balaban J connectivity index is 1.65. The van der Waals surface area contributed by atoms with E-state index in [2.05, 4.69) is 5.32 Å². The lowest BCUT2D eigenvalue weighted by Gasteiger charge is -2.29. The molecule has 0 radical (unpaired) electrons. The van der Waals surface area contributed by atoms with Gasteiger partial charge in [-0.15, -0.1) is 0 Å². The van der Waals surface area contributed by atoms with E-state index >= 15 is 0 Å². The molecule has 2 aliphatic carbocycles. The Kier molecular flexibility index (Phi) is 2.83. The number of nitrogens with two attached hydrogens (primary N) is 1. The van der Waals surface area contributed by atoms with Crippen LogP contribution in [0.1, 0.15) is 42.9 Å². The van der Waals surface area contributed by atoms with Crippen LogP contribution < -0.4 is 11.1 Å². The number of carbonyl (C=O) groups is 1. The van der Waals surface area contributed by atoms with Crippen molar-refractivity contribution in [1.82, 2.24) is 0 Å². The van der Waals surface area contributed by atoms with E-state index in [0.717, 1.165) is 28.7 Å². The number of amides is 1. The number of anilines is 1. The third-order valence-corrected chi connectivity index (χ3v) is 5.79. The summed E-state index contributed by atoms with van der Waals surface area (Å²) >= 11 is 6.40. The number of nitrogens with one attached hydrogen (secondary N) is 1. The molecular formula is C16H19ClN2O. The van der Waals surface area contributed by atoms with Crippen LogP contribution in [0.25, 0.3) is 0 Å². The van der Waals surface area contributed by atoms with Gasteiger partial charge in [0.25, 0.3) is 0 Å². The fourth-order valence-corrected chi connectivity index (χ4v) is 4.78. The molecule has 3 aliphatic rings. The van der Waals surface area contributed by atoms with E-state index in [0.29, 0.717) is 17.4 Å². The third-order valence-electron chi connectivity index (χ3n) is 5.46. The molecule has 4 unspecified atom stereocenters. The first-order valence-electron chi connectivity index (χ1n) is 7.49. The minimum absolute atomic E-state index is 0.0128. The molecule has 2 bridgehead atoms. The average Bonchev–Trinajstić information content (AvgIpc) is 3.10. The van der Waals surface area contributed by atoms with Crippen molar-refractivity contribution in [3.8, 4) is 0 Å². The van der Waals surface area contributed by atoms with Crippen LogP contribution >= 0.6 is 11.6 Å². The number of fused-ring (bicyclic) bond motifs is 3. The molecule has 2 fully saturated rings. The van der Waals surface area contributed by atoms with Gasteiger partial charge in [0, 0.05) is 16.8 Å². The van der Waals surface area contributed by atoms with Gasteiger partial charge in [0.05, 0.1) is 6.42 Å². The van der Waals surface area contributed by atoms with Crippen LogP contribution in [0.5, 0.6) is 0 Å². The molecule has 3 nitrogen and oxygen atoms in total. The molecule has 1 aliphatic heterocycles. The zero-order valence-electron chi connectivity index (χ0n) is 11.4. The first kappa shape index (κ1) is 12.7. The zero-order chi connectivity index (χ0) is 13.9. The molecule has 20 heavy (non-hydrogen) atoms. The summed E-state index contributed by atoms with van der Waals surface area (Å²) in [5, 5.41) is 3.53. The Morgan fingerprint density at radius 2 is 2.15 bits per heavy atom. The third kappa shape index (κ3) is 1.87. The van der Waals surface area contributed by atoms with Gasteiger partial charge < -0.3 is 11.1 Å². The summed E-state index contributed by atoms with van der Waals surface area (Å²) in [6.07, 6.45) is 5.75. The molecule has 106 valence electrons. The fraction of sp³-hybridized carbons (Fsp3) is 0.562. The summed E-state index contributed by atoms with van der Waals surface area (Å²) in [6, 6.07) is 3.93. The lowest BCUT2D eigenvalue weighted by Crippen LogP contribution is -2.26. The maximum Gasteiger partial charge on any atom is 0.228 e. The highest BCUT2D eigenvalue weighted by Gasteiger charge is 2.43. The average molecular weight is 291 g/mol. The van der Waals surface area contributed by atoms with E-state index in [-0.39, 0.29) is 11.9 Å². The van der Waals surface area contributed by atoms with Crippen molar-refractivity contribution in [3.05, 3.63) is 28.3 Å². The van der Waals surface area contributed by atoms with Crippen molar-refractivity contribution in [2.45, 2.75) is 38.1 Å². The standard InChI is InChI=1S/C16H19ClN2O/c17-13-7-14-10(6-15(20)19-14)5-12(13)16(18)11-4-8-1-2-9(11)3-8/h5,7-9,11,16H,1-4,6,18H2,(H,19,20). The highest BCUT2D eigenvalue weighted by Crippen LogP contribution is 2.52. The van der Waals surface area contributed by atoms with Gasteiger partial charge in [0.2, 0.25) is 5.91 Å². The summed E-state index contributed by atoms with van der Waals surface area (Å²) in [4.78, 5) is 11.5. The van der Waals surface area contributed by atoms with Crippen molar-refractivity contribution in [3.63, 3.8) is 0 Å². The molecule has 1 amide bonds. The van der Waals surface area contributed by atoms with E-state index in [1.54, 1.807) is 0 Å². The van der Waals surface area contributed by atoms with Crippen LogP contribution in [0.3, 0.4) is 0 Å². The maximum absolute atomic E-state index is 11.5. The Morgan fingerprint density at radius 1 is 1.30 bits per heavy atom. The Morgan fingerprint density at radius 3 is 2.85 bits per heavy atom. The van der Waals surface area contributed by atoms with Crippen molar-refractivity contribution >= 4 is 23.2 Å². The van der Waals surface area contributed by atoms with Gasteiger partial charge in [0.15, 0.2) is 0 Å². The largest absolute Gasteiger partial charge is 0.325 e. The van der Waals surface area contributed by atoms with E-state index in [1.807, 2.05) is 12.1 Å². The smallest absolute Gasteiger partial charge is 0.228 e. The number of hydrogen-bond donors (Lipinski definition) is 2. The fourth-order valence-electron chi connectivity index (χ4n) is 4.49. The topological polar surface area (TPSA) is 55.1 Å². The van der Waals surface area contributed by atoms with Gasteiger partial charge >= 0.3 is 0 Å². The second-order valence-corrected chi connectivity index (χ2v) is 7.03. The molecule has 2 saturated carbocycles. The molecule has 1 heterocycles. The van der Waals surface area contributed by atoms with E-state index in [4.69, 9.17) is 17.3 Å². The number of halogens is 1. The summed E-state index contributed by atoms with van der Waals surface area (Å²) in [7, 11) is 0. The van der Waals surface area contributed by atoms with Gasteiger partial charge in [0.1, 0.15) is 0 Å².